The highest BCUT2D eigenvalue weighted by Crippen LogP contribution is 2.33. The minimum atomic E-state index is -3.54. The van der Waals surface area contributed by atoms with Crippen molar-refractivity contribution >= 4 is 10.0 Å². The first-order chi connectivity index (χ1) is 14.5. The molecule has 0 aliphatic carbocycles. The van der Waals surface area contributed by atoms with Gasteiger partial charge in [0.1, 0.15) is 0 Å². The molecule has 8 nitrogen and oxygen atoms in total. The molecule has 9 heteroatoms. The van der Waals surface area contributed by atoms with Crippen LogP contribution in [0.15, 0.2) is 51.8 Å². The molecule has 30 heavy (non-hydrogen) atoms. The van der Waals surface area contributed by atoms with Crippen molar-refractivity contribution in [3.63, 3.8) is 0 Å². The summed E-state index contributed by atoms with van der Waals surface area (Å²) in [5, 5.41) is 8.20. The highest BCUT2D eigenvalue weighted by molar-refractivity contribution is 7.89. The van der Waals surface area contributed by atoms with Crippen LogP contribution in [-0.2, 0) is 10.0 Å². The third-order valence-electron chi connectivity index (χ3n) is 5.09. The molecule has 0 spiro atoms. The molecule has 1 aliphatic heterocycles. The average molecular weight is 429 g/mol. The summed E-state index contributed by atoms with van der Waals surface area (Å²) in [4.78, 5) is 0.229. The van der Waals surface area contributed by atoms with Crippen LogP contribution >= 0.6 is 0 Å². The van der Waals surface area contributed by atoms with Gasteiger partial charge in [0.2, 0.25) is 21.8 Å². The van der Waals surface area contributed by atoms with E-state index in [0.29, 0.717) is 41.6 Å². The van der Waals surface area contributed by atoms with E-state index in [1.165, 1.54) is 0 Å². The number of sulfonamides is 1. The van der Waals surface area contributed by atoms with Crippen LogP contribution in [0.2, 0.25) is 0 Å². The second-order valence-electron chi connectivity index (χ2n) is 6.97. The monoisotopic (exact) mass is 429 g/mol. The second-order valence-corrected chi connectivity index (χ2v) is 8.91. The zero-order valence-electron chi connectivity index (χ0n) is 16.9. The van der Waals surface area contributed by atoms with Gasteiger partial charge in [0.05, 0.1) is 19.1 Å². The Morgan fingerprint density at radius 3 is 2.20 bits per heavy atom. The first kappa shape index (κ1) is 20.4. The van der Waals surface area contributed by atoms with Crippen LogP contribution in [0, 0.1) is 0 Å². The molecule has 0 bridgehead atoms. The van der Waals surface area contributed by atoms with Crippen molar-refractivity contribution in [1.29, 1.82) is 0 Å². The summed E-state index contributed by atoms with van der Waals surface area (Å²) in [6, 6.07) is 11.9. The molecule has 1 fully saturated rings. The molecular weight excluding hydrogens is 406 g/mol. The Kier molecular flexibility index (Phi) is 5.74. The Morgan fingerprint density at radius 2 is 1.53 bits per heavy atom. The van der Waals surface area contributed by atoms with Crippen molar-refractivity contribution in [2.45, 2.75) is 24.2 Å². The number of hydrogen-bond acceptors (Lipinski definition) is 7. The molecule has 3 aromatic rings. The van der Waals surface area contributed by atoms with Gasteiger partial charge in [-0.05, 0) is 49.2 Å². The minimum Gasteiger partial charge on any atom is -0.493 e. The Bertz CT molecular complexity index is 1140. The van der Waals surface area contributed by atoms with Gasteiger partial charge in [-0.15, -0.1) is 10.2 Å². The number of benzene rings is 2. The Labute approximate surface area is 175 Å². The third kappa shape index (κ3) is 3.90. The van der Waals surface area contributed by atoms with E-state index >= 15 is 0 Å². The van der Waals surface area contributed by atoms with Crippen molar-refractivity contribution < 1.29 is 22.3 Å². The molecule has 1 aromatic heterocycles. The van der Waals surface area contributed by atoms with E-state index in [2.05, 4.69) is 10.2 Å². The normalized spacial score (nSPS) is 15.1. The van der Waals surface area contributed by atoms with Gasteiger partial charge in [-0.2, -0.15) is 4.31 Å². The molecule has 1 saturated heterocycles. The topological polar surface area (TPSA) is 94.8 Å². The van der Waals surface area contributed by atoms with Crippen molar-refractivity contribution in [1.82, 2.24) is 14.5 Å². The molecule has 0 saturated carbocycles. The lowest BCUT2D eigenvalue weighted by Gasteiger charge is -2.25. The number of methoxy groups -OCH3 is 2. The van der Waals surface area contributed by atoms with Crippen molar-refractivity contribution in [2.24, 2.45) is 0 Å². The number of nitrogens with zero attached hydrogens (tertiary/aromatic N) is 3. The predicted octanol–water partition coefficient (Wildman–Crippen LogP) is 3.60. The van der Waals surface area contributed by atoms with Gasteiger partial charge in [0.25, 0.3) is 0 Å². The molecule has 158 valence electrons. The standard InChI is InChI=1S/C21H23N3O5S/c1-27-18-10-9-16(14-19(18)28-2)21-23-22-20(29-21)15-7-6-8-17(13-15)30(25,26)24-11-4-3-5-12-24/h6-10,13-14H,3-5,11-12H2,1-2H3. The van der Waals surface area contributed by atoms with Crippen LogP contribution < -0.4 is 9.47 Å². The van der Waals surface area contributed by atoms with Crippen molar-refractivity contribution in [3.05, 3.63) is 42.5 Å². The Hall–Kier alpha value is -2.91. The van der Waals surface area contributed by atoms with Gasteiger partial charge < -0.3 is 13.9 Å². The minimum absolute atomic E-state index is 0.229. The first-order valence-electron chi connectivity index (χ1n) is 9.69. The molecule has 4 rings (SSSR count). The van der Waals surface area contributed by atoms with E-state index in [-0.39, 0.29) is 10.8 Å². The Morgan fingerprint density at radius 1 is 0.867 bits per heavy atom. The van der Waals surface area contributed by atoms with Gasteiger partial charge in [-0.1, -0.05) is 12.5 Å². The molecule has 0 amide bonds. The van der Waals surface area contributed by atoms with Crippen LogP contribution in [0.1, 0.15) is 19.3 Å². The largest absolute Gasteiger partial charge is 0.493 e. The average Bonchev–Trinajstić information content (AvgIpc) is 3.29. The number of rotatable bonds is 6. The van der Waals surface area contributed by atoms with Crippen LogP contribution in [-0.4, -0.2) is 50.2 Å². The lowest BCUT2D eigenvalue weighted by atomic mass is 10.2. The molecule has 0 atom stereocenters. The maximum absolute atomic E-state index is 13.0. The fraction of sp³-hybridized carbons (Fsp3) is 0.333. The van der Waals surface area contributed by atoms with Gasteiger partial charge in [-0.25, -0.2) is 8.42 Å². The summed E-state index contributed by atoms with van der Waals surface area (Å²) in [5.41, 5.74) is 1.22. The fourth-order valence-corrected chi connectivity index (χ4v) is 5.03. The van der Waals surface area contributed by atoms with Crippen molar-refractivity contribution in [2.75, 3.05) is 27.3 Å². The van der Waals surface area contributed by atoms with E-state index in [1.54, 1.807) is 61.0 Å². The highest BCUT2D eigenvalue weighted by atomic mass is 32.2. The van der Waals surface area contributed by atoms with E-state index < -0.39 is 10.0 Å². The lowest BCUT2D eigenvalue weighted by Crippen LogP contribution is -2.35. The van der Waals surface area contributed by atoms with Gasteiger partial charge in [-0.3, -0.25) is 0 Å². The molecule has 0 radical (unpaired) electrons. The van der Waals surface area contributed by atoms with Gasteiger partial charge in [0.15, 0.2) is 11.5 Å². The fourth-order valence-electron chi connectivity index (χ4n) is 3.47. The van der Waals surface area contributed by atoms with E-state index in [0.717, 1.165) is 19.3 Å². The number of ether oxygens (including phenoxy) is 2. The molecule has 1 aliphatic rings. The van der Waals surface area contributed by atoms with E-state index in [9.17, 15) is 8.42 Å². The van der Waals surface area contributed by atoms with Crippen molar-refractivity contribution in [3.8, 4) is 34.4 Å². The third-order valence-corrected chi connectivity index (χ3v) is 6.98. The highest BCUT2D eigenvalue weighted by Gasteiger charge is 2.26. The van der Waals surface area contributed by atoms with Crippen LogP contribution in [0.3, 0.4) is 0 Å². The molecule has 0 unspecified atom stereocenters. The summed E-state index contributed by atoms with van der Waals surface area (Å²) >= 11 is 0. The second kappa shape index (κ2) is 8.45. The molecule has 2 heterocycles. The zero-order chi connectivity index (χ0) is 21.1. The Balaban J connectivity index is 1.64. The smallest absolute Gasteiger partial charge is 0.248 e. The summed E-state index contributed by atoms with van der Waals surface area (Å²) in [6.45, 7) is 1.10. The van der Waals surface area contributed by atoms with E-state index in [1.807, 2.05) is 0 Å². The molecule has 2 aromatic carbocycles. The summed E-state index contributed by atoms with van der Waals surface area (Å²) in [5.74, 6) is 1.69. The van der Waals surface area contributed by atoms with Gasteiger partial charge in [0, 0.05) is 24.2 Å². The molecule has 0 N–H and O–H groups in total. The maximum Gasteiger partial charge on any atom is 0.248 e. The van der Waals surface area contributed by atoms with Crippen LogP contribution in [0.5, 0.6) is 11.5 Å². The summed E-state index contributed by atoms with van der Waals surface area (Å²) in [6.07, 6.45) is 2.83. The quantitative estimate of drug-likeness (QED) is 0.591. The van der Waals surface area contributed by atoms with E-state index in [4.69, 9.17) is 13.9 Å². The maximum atomic E-state index is 13.0. The van der Waals surface area contributed by atoms with Crippen LogP contribution in [0.4, 0.5) is 0 Å². The number of hydrogen-bond donors (Lipinski definition) is 0. The number of piperidine rings is 1. The summed E-state index contributed by atoms with van der Waals surface area (Å²) in [7, 11) is -0.428. The van der Waals surface area contributed by atoms with Gasteiger partial charge >= 0.3 is 0 Å². The lowest BCUT2D eigenvalue weighted by molar-refractivity contribution is 0.346. The first-order valence-corrected chi connectivity index (χ1v) is 11.1. The van der Waals surface area contributed by atoms with Crippen LogP contribution in [0.25, 0.3) is 22.9 Å². The summed E-state index contributed by atoms with van der Waals surface area (Å²) < 4.78 is 43.8. The SMILES string of the molecule is COc1ccc(-c2nnc(-c3cccc(S(=O)(=O)N4CCCCC4)c3)o2)cc1OC. The predicted molar refractivity (Wildman–Crippen MR) is 111 cm³/mol. The molecular formula is C21H23N3O5S. The zero-order valence-corrected chi connectivity index (χ0v) is 17.7. The number of aromatic nitrogens is 2.